The first kappa shape index (κ1) is 24.6. The molecule has 0 unspecified atom stereocenters. The monoisotopic (exact) mass is 541 g/mol. The molecule has 3 aromatic heterocycles. The van der Waals surface area contributed by atoms with Gasteiger partial charge in [0.15, 0.2) is 5.15 Å². The van der Waals surface area contributed by atoms with Crippen LogP contribution in [0, 0.1) is 6.92 Å². The second-order valence-corrected chi connectivity index (χ2v) is 9.77. The van der Waals surface area contributed by atoms with Crippen LogP contribution in [0.2, 0.25) is 5.15 Å². The normalized spacial score (nSPS) is 14.3. The second kappa shape index (κ2) is 9.88. The van der Waals surface area contributed by atoms with E-state index in [4.69, 9.17) is 11.6 Å². The molecule has 10 nitrogen and oxygen atoms in total. The maximum absolute atomic E-state index is 13.5. The molecule has 2 aromatic carbocycles. The Labute approximate surface area is 228 Å². The molecule has 5 aromatic rings. The number of aryl methyl sites for hydroxylation is 2. The van der Waals surface area contributed by atoms with Gasteiger partial charge in [-0.25, -0.2) is 14.5 Å². The number of H-pyrrole nitrogens is 1. The van der Waals surface area contributed by atoms with Crippen LogP contribution in [-0.2, 0) is 11.2 Å². The van der Waals surface area contributed by atoms with E-state index in [1.807, 2.05) is 41.8 Å². The molecule has 1 atom stereocenters. The zero-order valence-electron chi connectivity index (χ0n) is 21.2. The number of aromatic amines is 1. The number of imidazole rings is 1. The van der Waals surface area contributed by atoms with Gasteiger partial charge in [-0.1, -0.05) is 40.6 Å². The van der Waals surface area contributed by atoms with E-state index in [0.717, 1.165) is 58.0 Å². The number of amides is 1. The summed E-state index contributed by atoms with van der Waals surface area (Å²) in [5.74, 6) is 0.726. The van der Waals surface area contributed by atoms with E-state index in [9.17, 15) is 9.59 Å². The summed E-state index contributed by atoms with van der Waals surface area (Å²) in [6.45, 7) is 2.01. The van der Waals surface area contributed by atoms with Crippen LogP contribution in [0.25, 0.3) is 28.1 Å². The summed E-state index contributed by atoms with van der Waals surface area (Å²) in [5.41, 5.74) is 6.77. The van der Waals surface area contributed by atoms with Gasteiger partial charge in [0.1, 0.15) is 5.82 Å². The minimum atomic E-state index is -0.526. The van der Waals surface area contributed by atoms with Crippen LogP contribution in [0.15, 0.2) is 71.8 Å². The van der Waals surface area contributed by atoms with E-state index in [2.05, 4.69) is 36.4 Å². The van der Waals surface area contributed by atoms with Gasteiger partial charge in [-0.2, -0.15) is 0 Å². The minimum Gasteiger partial charge on any atom is -0.453 e. The number of halogens is 1. The number of anilines is 1. The molecule has 6 rings (SSSR count). The summed E-state index contributed by atoms with van der Waals surface area (Å²) in [5, 5.41) is 10.9. The number of carbonyl (C=O) groups excluding carboxylic acids is 1. The maximum atomic E-state index is 13.5. The number of hydrogen-bond donors (Lipinski definition) is 2. The number of nitrogens with zero attached hydrogens (tertiary/aromatic N) is 5. The largest absolute Gasteiger partial charge is 0.453 e. The van der Waals surface area contributed by atoms with Gasteiger partial charge in [-0.15, -0.1) is 5.10 Å². The molecule has 0 saturated carbocycles. The molecule has 0 spiro atoms. The lowest BCUT2D eigenvalue weighted by Crippen LogP contribution is -2.23. The first-order chi connectivity index (χ1) is 18.9. The highest BCUT2D eigenvalue weighted by Gasteiger charge is 2.28. The van der Waals surface area contributed by atoms with E-state index in [0.29, 0.717) is 10.8 Å². The summed E-state index contributed by atoms with van der Waals surface area (Å²) >= 11 is 6.01. The van der Waals surface area contributed by atoms with E-state index in [1.165, 1.54) is 7.11 Å². The molecule has 0 fully saturated rings. The lowest BCUT2D eigenvalue weighted by Gasteiger charge is -2.15. The third-order valence-corrected chi connectivity index (χ3v) is 7.02. The number of ether oxygens (including phenoxy) is 1. The van der Waals surface area contributed by atoms with Crippen molar-refractivity contribution in [1.82, 2.24) is 29.5 Å². The smallest absolute Gasteiger partial charge is 0.411 e. The SMILES string of the molecule is COC(=O)Nc1ccc(-c2cnc([C@@H]3CCc4cc(-c5cc(C)ccc5-n5cc(Cl)nn5)cc(=O)n43)[nH]2)cc1. The highest BCUT2D eigenvalue weighted by Crippen LogP contribution is 2.34. The van der Waals surface area contributed by atoms with Crippen molar-refractivity contribution >= 4 is 23.4 Å². The van der Waals surface area contributed by atoms with Crippen LogP contribution in [0.5, 0.6) is 0 Å². The minimum absolute atomic E-state index is 0.0923. The van der Waals surface area contributed by atoms with Crippen LogP contribution >= 0.6 is 11.6 Å². The lowest BCUT2D eigenvalue weighted by molar-refractivity contribution is 0.187. The Kier molecular flexibility index (Phi) is 6.24. The Morgan fingerprint density at radius 1 is 1.13 bits per heavy atom. The van der Waals surface area contributed by atoms with Gasteiger partial charge in [0.05, 0.1) is 36.9 Å². The van der Waals surface area contributed by atoms with E-state index < -0.39 is 6.09 Å². The number of hydrogen-bond acceptors (Lipinski definition) is 6. The van der Waals surface area contributed by atoms with Crippen LogP contribution in [0.3, 0.4) is 0 Å². The molecule has 0 radical (unpaired) electrons. The molecular formula is C28H24ClN7O3. The number of methoxy groups -OCH3 is 1. The van der Waals surface area contributed by atoms with E-state index >= 15 is 0 Å². The molecule has 0 bridgehead atoms. The third-order valence-electron chi connectivity index (χ3n) is 6.85. The van der Waals surface area contributed by atoms with Crippen molar-refractivity contribution in [1.29, 1.82) is 0 Å². The Bertz CT molecular complexity index is 1750. The predicted octanol–water partition coefficient (Wildman–Crippen LogP) is 5.16. The fourth-order valence-electron chi connectivity index (χ4n) is 5.01. The second-order valence-electron chi connectivity index (χ2n) is 9.38. The number of nitrogens with one attached hydrogen (secondary N) is 2. The number of fused-ring (bicyclic) bond motifs is 1. The quantitative estimate of drug-likeness (QED) is 0.317. The number of aromatic nitrogens is 6. The molecule has 11 heteroatoms. The molecule has 0 aliphatic carbocycles. The molecule has 1 aliphatic heterocycles. The number of rotatable bonds is 5. The van der Waals surface area contributed by atoms with Crippen molar-refractivity contribution in [2.24, 2.45) is 0 Å². The molecule has 2 N–H and O–H groups in total. The Hall–Kier alpha value is -4.70. The molecule has 1 aliphatic rings. The van der Waals surface area contributed by atoms with Crippen LogP contribution < -0.4 is 10.9 Å². The fraction of sp³-hybridized carbons (Fsp3) is 0.179. The van der Waals surface area contributed by atoms with Crippen molar-refractivity contribution in [3.63, 3.8) is 0 Å². The summed E-state index contributed by atoms with van der Waals surface area (Å²) in [6.07, 6.45) is 4.38. The van der Waals surface area contributed by atoms with Gasteiger partial charge in [0, 0.05) is 23.0 Å². The van der Waals surface area contributed by atoms with Gasteiger partial charge in [0.2, 0.25) is 0 Å². The third kappa shape index (κ3) is 4.70. The Balaban J connectivity index is 1.30. The number of benzene rings is 2. The zero-order valence-corrected chi connectivity index (χ0v) is 21.9. The van der Waals surface area contributed by atoms with Crippen LogP contribution in [-0.4, -0.2) is 42.7 Å². The fourth-order valence-corrected chi connectivity index (χ4v) is 5.13. The highest BCUT2D eigenvalue weighted by molar-refractivity contribution is 6.29. The van der Waals surface area contributed by atoms with Crippen molar-refractivity contribution in [3.8, 4) is 28.1 Å². The van der Waals surface area contributed by atoms with Crippen molar-refractivity contribution in [2.45, 2.75) is 25.8 Å². The molecule has 196 valence electrons. The molecule has 1 amide bonds. The van der Waals surface area contributed by atoms with Crippen molar-refractivity contribution in [2.75, 3.05) is 12.4 Å². The predicted molar refractivity (Wildman–Crippen MR) is 147 cm³/mol. The van der Waals surface area contributed by atoms with Gasteiger partial charge in [-0.3, -0.25) is 10.1 Å². The standard InChI is InChI=1S/C28H24ClN7O3/c1-16-3-9-23(35-15-25(29)33-34-35)21(11-16)18-12-20-8-10-24(36(20)26(37)13-18)27-30-14-22(32-27)17-4-6-19(7-5-17)31-28(38)39-2/h3-7,9,11-15,24H,8,10H2,1-2H3,(H,30,32)(H,31,38)/t24-/m0/s1. The molecule has 0 saturated heterocycles. The molecule has 4 heterocycles. The van der Waals surface area contributed by atoms with Gasteiger partial charge in [-0.05, 0) is 61.2 Å². The summed E-state index contributed by atoms with van der Waals surface area (Å²) in [4.78, 5) is 32.9. The van der Waals surface area contributed by atoms with E-state index in [-0.39, 0.29) is 11.6 Å². The van der Waals surface area contributed by atoms with E-state index in [1.54, 1.807) is 35.3 Å². The maximum Gasteiger partial charge on any atom is 0.411 e. The van der Waals surface area contributed by atoms with Gasteiger partial charge < -0.3 is 14.3 Å². The topological polar surface area (TPSA) is 120 Å². The first-order valence-electron chi connectivity index (χ1n) is 12.3. The van der Waals surface area contributed by atoms with Crippen molar-refractivity contribution < 1.29 is 9.53 Å². The zero-order chi connectivity index (χ0) is 27.1. The van der Waals surface area contributed by atoms with Crippen molar-refractivity contribution in [3.05, 3.63) is 99.6 Å². The first-order valence-corrected chi connectivity index (χ1v) is 12.7. The molecular weight excluding hydrogens is 518 g/mol. The number of carbonyl (C=O) groups is 1. The summed E-state index contributed by atoms with van der Waals surface area (Å²) in [6, 6.07) is 16.8. The van der Waals surface area contributed by atoms with Crippen LogP contribution in [0.4, 0.5) is 10.5 Å². The van der Waals surface area contributed by atoms with Gasteiger partial charge in [0.25, 0.3) is 5.56 Å². The van der Waals surface area contributed by atoms with Gasteiger partial charge >= 0.3 is 6.09 Å². The Morgan fingerprint density at radius 2 is 1.95 bits per heavy atom. The number of pyridine rings is 1. The Morgan fingerprint density at radius 3 is 2.69 bits per heavy atom. The summed E-state index contributed by atoms with van der Waals surface area (Å²) < 4.78 is 8.06. The average molecular weight is 542 g/mol. The average Bonchev–Trinajstić information content (AvgIpc) is 3.69. The molecule has 39 heavy (non-hydrogen) atoms. The lowest BCUT2D eigenvalue weighted by atomic mass is 10.0. The summed E-state index contributed by atoms with van der Waals surface area (Å²) in [7, 11) is 1.32. The van der Waals surface area contributed by atoms with Crippen LogP contribution in [0.1, 0.15) is 29.5 Å². The highest BCUT2D eigenvalue weighted by atomic mass is 35.5.